The molecule has 2 nitrogen and oxygen atoms in total. The molecule has 3 aromatic rings. The molecule has 3 aromatic carbocycles. The van der Waals surface area contributed by atoms with Crippen molar-refractivity contribution in [2.45, 2.75) is 24.5 Å². The van der Waals surface area contributed by atoms with Gasteiger partial charge in [-0.05, 0) is 46.0 Å². The van der Waals surface area contributed by atoms with Gasteiger partial charge in [0, 0.05) is 0 Å². The van der Waals surface area contributed by atoms with Gasteiger partial charge in [-0.3, -0.25) is 0 Å². The van der Waals surface area contributed by atoms with Gasteiger partial charge in [-0.15, -0.1) is 0 Å². The van der Waals surface area contributed by atoms with Gasteiger partial charge in [0.15, 0.2) is 0 Å². The Labute approximate surface area is 137 Å². The van der Waals surface area contributed by atoms with Crippen molar-refractivity contribution >= 4 is 25.3 Å². The SMILES string of the molecule is C=[S+]1(c2ccccc2)c2ccccc2S(=O)(=O)c2ccccc21. The van der Waals surface area contributed by atoms with Crippen LogP contribution >= 0.6 is 0 Å². The molecule has 1 aliphatic heterocycles. The maximum Gasteiger partial charge on any atom is 0.216 e. The third kappa shape index (κ3) is 1.89. The van der Waals surface area contributed by atoms with E-state index in [1.807, 2.05) is 54.6 Å². The van der Waals surface area contributed by atoms with Crippen molar-refractivity contribution in [2.24, 2.45) is 0 Å². The van der Waals surface area contributed by atoms with Crippen LogP contribution in [0.1, 0.15) is 0 Å². The molecule has 4 rings (SSSR count). The van der Waals surface area contributed by atoms with Crippen molar-refractivity contribution in [3.05, 3.63) is 78.9 Å². The topological polar surface area (TPSA) is 34.1 Å². The van der Waals surface area contributed by atoms with E-state index in [0.29, 0.717) is 9.79 Å². The summed E-state index contributed by atoms with van der Waals surface area (Å²) in [6.07, 6.45) is 0. The number of sulfone groups is 1. The molecule has 0 N–H and O–H groups in total. The monoisotopic (exact) mass is 339 g/mol. The first-order valence-corrected chi connectivity index (χ1v) is 10.5. The lowest BCUT2D eigenvalue weighted by Gasteiger charge is -2.27. The zero-order valence-electron chi connectivity index (χ0n) is 12.3. The Hall–Kier alpha value is -2.17. The molecule has 4 heteroatoms. The summed E-state index contributed by atoms with van der Waals surface area (Å²) in [7, 11) is -5.34. The molecular formula is C19H15O2S2+. The number of hydrogen-bond donors (Lipinski definition) is 0. The van der Waals surface area contributed by atoms with Crippen LogP contribution in [0.2, 0.25) is 0 Å². The molecule has 0 unspecified atom stereocenters. The molecule has 23 heavy (non-hydrogen) atoms. The second kappa shape index (κ2) is 4.91. The first-order valence-electron chi connectivity index (χ1n) is 7.21. The lowest BCUT2D eigenvalue weighted by atomic mass is 10.3. The lowest BCUT2D eigenvalue weighted by molar-refractivity contribution is 0.590. The van der Waals surface area contributed by atoms with Crippen molar-refractivity contribution in [2.75, 3.05) is 0 Å². The molecular weight excluding hydrogens is 324 g/mol. The maximum atomic E-state index is 13.0. The van der Waals surface area contributed by atoms with Crippen LogP contribution in [-0.4, -0.2) is 14.3 Å². The Balaban J connectivity index is 2.21. The van der Waals surface area contributed by atoms with Crippen LogP contribution in [0.5, 0.6) is 0 Å². The normalized spacial score (nSPS) is 17.0. The molecule has 0 saturated heterocycles. The molecule has 1 aliphatic rings. The Kier molecular flexibility index (Phi) is 3.08. The van der Waals surface area contributed by atoms with Crippen LogP contribution in [0, 0.1) is 0 Å². The highest BCUT2D eigenvalue weighted by Crippen LogP contribution is 2.47. The van der Waals surface area contributed by atoms with Gasteiger partial charge in [0.05, 0.1) is 5.87 Å². The van der Waals surface area contributed by atoms with Gasteiger partial charge >= 0.3 is 0 Å². The summed E-state index contributed by atoms with van der Waals surface area (Å²) in [6, 6.07) is 24.5. The van der Waals surface area contributed by atoms with Crippen molar-refractivity contribution in [3.63, 3.8) is 0 Å². The smallest absolute Gasteiger partial charge is 0.216 e. The van der Waals surface area contributed by atoms with Crippen LogP contribution in [0.3, 0.4) is 0 Å². The lowest BCUT2D eigenvalue weighted by Crippen LogP contribution is -2.25. The fourth-order valence-corrected chi connectivity index (χ4v) is 8.80. The predicted molar refractivity (Wildman–Crippen MR) is 94.1 cm³/mol. The van der Waals surface area contributed by atoms with Gasteiger partial charge in [0.1, 0.15) is 24.5 Å². The first kappa shape index (κ1) is 14.4. The second-order valence-electron chi connectivity index (χ2n) is 5.45. The fraction of sp³-hybridized carbons (Fsp3) is 0. The van der Waals surface area contributed by atoms with Crippen LogP contribution < -0.4 is 0 Å². The standard InChI is InChI=1S/C19H15O2S2/c1-22(15-9-3-2-4-10-15)16-11-5-7-13-18(16)23(20,21)19-14-8-6-12-17(19)22/h2-14H,1H2/q+1. The van der Waals surface area contributed by atoms with Crippen LogP contribution in [0.15, 0.2) is 103 Å². The molecule has 114 valence electrons. The minimum absolute atomic E-state index is 0.382. The van der Waals surface area contributed by atoms with Crippen molar-refractivity contribution in [3.8, 4) is 0 Å². The van der Waals surface area contributed by atoms with Gasteiger partial charge in [0.2, 0.25) is 9.84 Å². The Morgan fingerprint density at radius 3 is 1.61 bits per heavy atom. The van der Waals surface area contributed by atoms with Crippen molar-refractivity contribution in [1.29, 1.82) is 0 Å². The quantitative estimate of drug-likeness (QED) is 0.389. The average molecular weight is 339 g/mol. The summed E-state index contributed by atoms with van der Waals surface area (Å²) in [4.78, 5) is 3.45. The van der Waals surface area contributed by atoms with Crippen molar-refractivity contribution < 1.29 is 8.42 Å². The van der Waals surface area contributed by atoms with Gasteiger partial charge in [0.25, 0.3) is 0 Å². The Morgan fingerprint density at radius 1 is 0.652 bits per heavy atom. The number of benzene rings is 3. The van der Waals surface area contributed by atoms with E-state index in [9.17, 15) is 8.42 Å². The van der Waals surface area contributed by atoms with Gasteiger partial charge in [-0.1, -0.05) is 42.5 Å². The summed E-state index contributed by atoms with van der Waals surface area (Å²) in [5, 5.41) is 0. The van der Waals surface area contributed by atoms with E-state index in [2.05, 4.69) is 5.87 Å². The molecule has 0 amide bonds. The largest absolute Gasteiger partial charge is 0.218 e. The van der Waals surface area contributed by atoms with Gasteiger partial charge in [-0.2, -0.15) is 0 Å². The summed E-state index contributed by atoms with van der Waals surface area (Å²) < 4.78 is 26.0. The minimum Gasteiger partial charge on any atom is -0.218 e. The maximum absolute atomic E-state index is 13.0. The average Bonchev–Trinajstić information content (AvgIpc) is 2.61. The highest BCUT2D eigenvalue weighted by molar-refractivity contribution is 8.12. The fourth-order valence-electron chi connectivity index (χ4n) is 3.06. The first-order chi connectivity index (χ1) is 11.1. The van der Waals surface area contributed by atoms with Crippen LogP contribution in [0.25, 0.3) is 0 Å². The zero-order valence-corrected chi connectivity index (χ0v) is 14.0. The second-order valence-corrected chi connectivity index (χ2v) is 10.2. The number of rotatable bonds is 1. The summed E-state index contributed by atoms with van der Waals surface area (Å²) in [5.41, 5.74) is 0. The molecule has 0 saturated carbocycles. The van der Waals surface area contributed by atoms with Crippen molar-refractivity contribution in [1.82, 2.24) is 0 Å². The van der Waals surface area contributed by atoms with Crippen LogP contribution in [-0.2, 0) is 19.5 Å². The summed E-state index contributed by atoms with van der Waals surface area (Å²) >= 11 is 0. The number of fused-ring (bicyclic) bond motifs is 2. The molecule has 0 atom stereocenters. The molecule has 0 aliphatic carbocycles. The van der Waals surface area contributed by atoms with Gasteiger partial charge < -0.3 is 0 Å². The molecule has 0 aromatic heterocycles. The van der Waals surface area contributed by atoms with E-state index in [1.165, 1.54) is 0 Å². The summed E-state index contributed by atoms with van der Waals surface area (Å²) in [5.74, 6) is 4.57. The molecule has 0 fully saturated rings. The van der Waals surface area contributed by atoms with E-state index < -0.39 is 19.5 Å². The Bertz CT molecular complexity index is 994. The summed E-state index contributed by atoms with van der Waals surface area (Å²) in [6.45, 7) is 0. The third-order valence-electron chi connectivity index (χ3n) is 4.17. The van der Waals surface area contributed by atoms with E-state index in [4.69, 9.17) is 0 Å². The molecule has 1 heterocycles. The highest BCUT2D eigenvalue weighted by atomic mass is 32.2. The third-order valence-corrected chi connectivity index (χ3v) is 9.59. The van der Waals surface area contributed by atoms with Gasteiger partial charge in [-0.25, -0.2) is 8.42 Å². The number of hydrogen-bond acceptors (Lipinski definition) is 2. The van der Waals surface area contributed by atoms with E-state index in [1.54, 1.807) is 24.3 Å². The van der Waals surface area contributed by atoms with Crippen LogP contribution in [0.4, 0.5) is 0 Å². The Morgan fingerprint density at radius 2 is 1.09 bits per heavy atom. The van der Waals surface area contributed by atoms with E-state index in [-0.39, 0.29) is 0 Å². The molecule has 0 radical (unpaired) electrons. The minimum atomic E-state index is -3.50. The zero-order chi connectivity index (χ0) is 16.1. The molecule has 0 bridgehead atoms. The van der Waals surface area contributed by atoms with E-state index in [0.717, 1.165) is 14.7 Å². The molecule has 0 spiro atoms. The highest BCUT2D eigenvalue weighted by Gasteiger charge is 2.44. The van der Waals surface area contributed by atoms with E-state index >= 15 is 0 Å². The predicted octanol–water partition coefficient (Wildman–Crippen LogP) is 3.90.